The lowest BCUT2D eigenvalue weighted by Gasteiger charge is -2.00. The number of Topliss-reactive ketones (excluding diaryl/α,β-unsaturated/α-hetero) is 2. The molecule has 2 heteroatoms. The van der Waals surface area contributed by atoms with Crippen molar-refractivity contribution in [1.82, 2.24) is 0 Å². The maximum Gasteiger partial charge on any atom is 0.140 e. The third-order valence-corrected chi connectivity index (χ3v) is 2.48. The average Bonchev–Trinajstić information content (AvgIpc) is 2.17. The van der Waals surface area contributed by atoms with Crippen LogP contribution in [0, 0.1) is 0 Å². The second kappa shape index (κ2) is 9.88. The fourth-order valence-corrected chi connectivity index (χ4v) is 1.60. The molecule has 0 aliphatic rings. The first-order valence-corrected chi connectivity index (χ1v) is 6.24. The molecule has 0 aromatic rings. The molecule has 0 aliphatic carbocycles. The van der Waals surface area contributed by atoms with Crippen molar-refractivity contribution in [2.45, 2.75) is 71.6 Å². The molecule has 0 aliphatic heterocycles. The summed E-state index contributed by atoms with van der Waals surface area (Å²) in [6.07, 6.45) is 7.95. The van der Waals surface area contributed by atoms with E-state index in [9.17, 15) is 9.59 Å². The summed E-state index contributed by atoms with van der Waals surface area (Å²) < 4.78 is 0. The van der Waals surface area contributed by atoms with E-state index in [4.69, 9.17) is 0 Å². The van der Waals surface area contributed by atoms with E-state index in [0.29, 0.717) is 12.8 Å². The topological polar surface area (TPSA) is 34.1 Å². The molecule has 0 amide bonds. The van der Waals surface area contributed by atoms with E-state index in [1.54, 1.807) is 0 Å². The molecule has 0 N–H and O–H groups in total. The Bertz CT molecular complexity index is 185. The molecule has 15 heavy (non-hydrogen) atoms. The third-order valence-electron chi connectivity index (χ3n) is 2.48. The Morgan fingerprint density at radius 2 is 1.33 bits per heavy atom. The molecule has 0 unspecified atom stereocenters. The van der Waals surface area contributed by atoms with Crippen LogP contribution in [0.1, 0.15) is 71.6 Å². The molecule has 0 radical (unpaired) electrons. The Hall–Kier alpha value is -0.660. The van der Waals surface area contributed by atoms with Crippen LogP contribution in [0.4, 0.5) is 0 Å². The van der Waals surface area contributed by atoms with E-state index in [1.807, 2.05) is 6.92 Å². The number of rotatable bonds is 10. The molecule has 0 saturated heterocycles. The molecule has 0 rings (SSSR count). The predicted octanol–water partition coefficient (Wildman–Crippen LogP) is 3.68. The first kappa shape index (κ1) is 14.3. The zero-order valence-corrected chi connectivity index (χ0v) is 10.2. The minimum absolute atomic E-state index is 0.107. The molecule has 0 bridgehead atoms. The fraction of sp³-hybridized carbons (Fsp3) is 0.846. The van der Waals surface area contributed by atoms with Crippen molar-refractivity contribution in [3.63, 3.8) is 0 Å². The minimum Gasteiger partial charge on any atom is -0.299 e. The van der Waals surface area contributed by atoms with Gasteiger partial charge in [-0.05, 0) is 12.8 Å². The van der Waals surface area contributed by atoms with Crippen LogP contribution in [0.2, 0.25) is 0 Å². The van der Waals surface area contributed by atoms with Gasteiger partial charge in [-0.1, -0.05) is 39.5 Å². The normalized spacial score (nSPS) is 10.3. The molecule has 0 spiro atoms. The Kier molecular flexibility index (Phi) is 9.44. The van der Waals surface area contributed by atoms with E-state index >= 15 is 0 Å². The number of hydrogen-bond acceptors (Lipinski definition) is 2. The molecule has 0 atom stereocenters. The van der Waals surface area contributed by atoms with Crippen molar-refractivity contribution in [2.24, 2.45) is 0 Å². The van der Waals surface area contributed by atoms with Crippen LogP contribution >= 0.6 is 0 Å². The van der Waals surface area contributed by atoms with Gasteiger partial charge >= 0.3 is 0 Å². The average molecular weight is 212 g/mol. The van der Waals surface area contributed by atoms with Gasteiger partial charge in [0.15, 0.2) is 0 Å². The van der Waals surface area contributed by atoms with E-state index in [-0.39, 0.29) is 18.0 Å². The molecule has 88 valence electrons. The summed E-state index contributed by atoms with van der Waals surface area (Å²) in [6, 6.07) is 0. The number of carbonyl (C=O) groups excluding carboxylic acids is 2. The van der Waals surface area contributed by atoms with Crippen LogP contribution in [-0.2, 0) is 9.59 Å². The summed E-state index contributed by atoms with van der Waals surface area (Å²) in [5.41, 5.74) is 0. The number of hydrogen-bond donors (Lipinski definition) is 0. The molecule has 0 fully saturated rings. The lowest BCUT2D eigenvalue weighted by molar-refractivity contribution is -0.127. The van der Waals surface area contributed by atoms with Gasteiger partial charge in [0.1, 0.15) is 11.6 Å². The van der Waals surface area contributed by atoms with Gasteiger partial charge in [0.05, 0.1) is 6.42 Å². The maximum absolute atomic E-state index is 11.3. The van der Waals surface area contributed by atoms with Crippen molar-refractivity contribution in [2.75, 3.05) is 0 Å². The first-order chi connectivity index (χ1) is 7.20. The smallest absolute Gasteiger partial charge is 0.140 e. The lowest BCUT2D eigenvalue weighted by atomic mass is 10.0. The highest BCUT2D eigenvalue weighted by Crippen LogP contribution is 2.07. The summed E-state index contributed by atoms with van der Waals surface area (Å²) in [5.74, 6) is 0.237. The first-order valence-electron chi connectivity index (χ1n) is 6.24. The lowest BCUT2D eigenvalue weighted by Crippen LogP contribution is -2.07. The maximum atomic E-state index is 11.3. The van der Waals surface area contributed by atoms with Crippen molar-refractivity contribution < 1.29 is 9.59 Å². The Morgan fingerprint density at radius 1 is 0.733 bits per heavy atom. The monoisotopic (exact) mass is 212 g/mol. The summed E-state index contributed by atoms with van der Waals surface area (Å²) >= 11 is 0. The standard InChI is InChI=1S/C13H24O2/c1-3-5-6-7-8-10-13(15)11-12(14)9-4-2/h3-11H2,1-2H3. The van der Waals surface area contributed by atoms with E-state index in [2.05, 4.69) is 6.92 Å². The molecular formula is C13H24O2. The van der Waals surface area contributed by atoms with Crippen molar-refractivity contribution in [1.29, 1.82) is 0 Å². The molecule has 0 aromatic heterocycles. The highest BCUT2D eigenvalue weighted by atomic mass is 16.1. The van der Waals surface area contributed by atoms with Gasteiger partial charge in [0, 0.05) is 12.8 Å². The van der Waals surface area contributed by atoms with Crippen LogP contribution in [0.15, 0.2) is 0 Å². The molecule has 0 saturated carbocycles. The Morgan fingerprint density at radius 3 is 1.93 bits per heavy atom. The summed E-state index contributed by atoms with van der Waals surface area (Å²) in [5, 5.41) is 0. The van der Waals surface area contributed by atoms with Gasteiger partial charge in [-0.3, -0.25) is 9.59 Å². The van der Waals surface area contributed by atoms with Crippen LogP contribution in [0.5, 0.6) is 0 Å². The van der Waals surface area contributed by atoms with Crippen molar-refractivity contribution in [3.05, 3.63) is 0 Å². The second-order valence-electron chi connectivity index (χ2n) is 4.17. The van der Waals surface area contributed by atoms with Gasteiger partial charge in [0.2, 0.25) is 0 Å². The highest BCUT2D eigenvalue weighted by molar-refractivity contribution is 5.98. The Labute approximate surface area is 93.4 Å². The molecule has 2 nitrogen and oxygen atoms in total. The summed E-state index contributed by atoms with van der Waals surface area (Å²) in [4.78, 5) is 22.5. The van der Waals surface area contributed by atoms with Crippen molar-refractivity contribution in [3.8, 4) is 0 Å². The fourth-order valence-electron chi connectivity index (χ4n) is 1.60. The SMILES string of the molecule is CCCCCCCC(=O)CC(=O)CCC. The number of ketones is 2. The van der Waals surface area contributed by atoms with Crippen LogP contribution < -0.4 is 0 Å². The van der Waals surface area contributed by atoms with E-state index in [1.165, 1.54) is 19.3 Å². The molecule has 0 aromatic carbocycles. The van der Waals surface area contributed by atoms with E-state index < -0.39 is 0 Å². The summed E-state index contributed by atoms with van der Waals surface area (Å²) in [7, 11) is 0. The molecule has 0 heterocycles. The third kappa shape index (κ3) is 9.64. The quantitative estimate of drug-likeness (QED) is 0.409. The van der Waals surface area contributed by atoms with Gasteiger partial charge in [-0.25, -0.2) is 0 Å². The predicted molar refractivity (Wildman–Crippen MR) is 62.9 cm³/mol. The number of carbonyl (C=O) groups is 2. The largest absolute Gasteiger partial charge is 0.299 e. The highest BCUT2D eigenvalue weighted by Gasteiger charge is 2.07. The second-order valence-corrected chi connectivity index (χ2v) is 4.17. The van der Waals surface area contributed by atoms with Crippen molar-refractivity contribution >= 4 is 11.6 Å². The van der Waals surface area contributed by atoms with Crippen LogP contribution in [0.25, 0.3) is 0 Å². The molecular weight excluding hydrogens is 188 g/mol. The van der Waals surface area contributed by atoms with Crippen LogP contribution in [-0.4, -0.2) is 11.6 Å². The summed E-state index contributed by atoms with van der Waals surface area (Å²) in [6.45, 7) is 4.14. The van der Waals surface area contributed by atoms with Gasteiger partial charge in [0.25, 0.3) is 0 Å². The van der Waals surface area contributed by atoms with E-state index in [0.717, 1.165) is 19.3 Å². The minimum atomic E-state index is 0.107. The Balaban J connectivity index is 3.37. The number of unbranched alkanes of at least 4 members (excludes halogenated alkanes) is 4. The zero-order chi connectivity index (χ0) is 11.5. The van der Waals surface area contributed by atoms with Gasteiger partial charge < -0.3 is 0 Å². The van der Waals surface area contributed by atoms with Crippen LogP contribution in [0.3, 0.4) is 0 Å². The van der Waals surface area contributed by atoms with Gasteiger partial charge in [-0.2, -0.15) is 0 Å². The zero-order valence-electron chi connectivity index (χ0n) is 10.2. The van der Waals surface area contributed by atoms with Gasteiger partial charge in [-0.15, -0.1) is 0 Å².